The van der Waals surface area contributed by atoms with E-state index in [9.17, 15) is 4.79 Å². The Hall–Kier alpha value is -2.14. The van der Waals surface area contributed by atoms with Gasteiger partial charge in [-0.05, 0) is 24.1 Å². The number of methoxy groups -OCH3 is 1. The van der Waals surface area contributed by atoms with E-state index in [1.165, 1.54) is 5.56 Å². The summed E-state index contributed by atoms with van der Waals surface area (Å²) in [5, 5.41) is 0. The number of nitrogens with one attached hydrogen (secondary N) is 1. The van der Waals surface area contributed by atoms with Crippen LogP contribution >= 0.6 is 0 Å². The Kier molecular flexibility index (Phi) is 5.00. The van der Waals surface area contributed by atoms with Gasteiger partial charge in [-0.2, -0.15) is 0 Å². The first-order valence-electron chi connectivity index (χ1n) is 8.54. The summed E-state index contributed by atoms with van der Waals surface area (Å²) in [5.74, 6) is 1.91. The summed E-state index contributed by atoms with van der Waals surface area (Å²) < 4.78 is 5.20. The number of nitrogens with zero attached hydrogens (tertiary/aromatic N) is 2. The maximum absolute atomic E-state index is 12.3. The normalized spacial score (nSPS) is 15.2. The highest BCUT2D eigenvalue weighted by atomic mass is 16.5. The fraction of sp³-hybridized carbons (Fsp3) is 0.474. The average molecular weight is 327 g/mol. The third kappa shape index (κ3) is 3.67. The van der Waals surface area contributed by atoms with Crippen LogP contribution < -0.4 is 10.3 Å². The van der Waals surface area contributed by atoms with Crippen molar-refractivity contribution in [2.24, 2.45) is 0 Å². The Labute approximate surface area is 142 Å². The maximum atomic E-state index is 12.3. The smallest absolute Gasteiger partial charge is 0.254 e. The van der Waals surface area contributed by atoms with Gasteiger partial charge in [-0.25, -0.2) is 4.98 Å². The summed E-state index contributed by atoms with van der Waals surface area (Å²) in [6, 6.07) is 8.17. The molecule has 1 aromatic carbocycles. The summed E-state index contributed by atoms with van der Waals surface area (Å²) in [6.45, 7) is 6.79. The average Bonchev–Trinajstić information content (AvgIpc) is 2.78. The molecule has 0 aliphatic carbocycles. The van der Waals surface area contributed by atoms with Gasteiger partial charge in [-0.15, -0.1) is 0 Å². The van der Waals surface area contributed by atoms with Crippen LogP contribution in [0.2, 0.25) is 0 Å². The highest BCUT2D eigenvalue weighted by Crippen LogP contribution is 2.17. The number of benzene rings is 1. The number of H-pyrrole nitrogens is 1. The lowest BCUT2D eigenvalue weighted by Gasteiger charge is -2.19. The van der Waals surface area contributed by atoms with Crippen molar-refractivity contribution in [3.8, 4) is 5.75 Å². The molecule has 1 aromatic heterocycles. The number of fused-ring (bicyclic) bond motifs is 1. The van der Waals surface area contributed by atoms with E-state index in [2.05, 4.69) is 35.9 Å². The molecule has 0 radical (unpaired) electrons. The van der Waals surface area contributed by atoms with Gasteiger partial charge in [0, 0.05) is 37.5 Å². The first kappa shape index (κ1) is 16.7. The second kappa shape index (κ2) is 7.18. The van der Waals surface area contributed by atoms with Gasteiger partial charge >= 0.3 is 0 Å². The minimum Gasteiger partial charge on any atom is -0.497 e. The molecule has 0 unspecified atom stereocenters. The molecular formula is C19H25N3O2. The molecule has 0 spiro atoms. The van der Waals surface area contributed by atoms with Crippen LogP contribution in [-0.4, -0.2) is 35.1 Å². The second-order valence-electron chi connectivity index (χ2n) is 6.66. The van der Waals surface area contributed by atoms with Gasteiger partial charge in [-0.3, -0.25) is 9.69 Å². The Morgan fingerprint density at radius 2 is 1.92 bits per heavy atom. The van der Waals surface area contributed by atoms with E-state index in [-0.39, 0.29) is 11.5 Å². The van der Waals surface area contributed by atoms with Gasteiger partial charge in [0.05, 0.1) is 12.8 Å². The molecule has 0 saturated heterocycles. The van der Waals surface area contributed by atoms with Crippen LogP contribution in [0, 0.1) is 0 Å². The fourth-order valence-electron chi connectivity index (χ4n) is 3.09. The third-order valence-electron chi connectivity index (χ3n) is 4.57. The molecule has 2 aromatic rings. The van der Waals surface area contributed by atoms with Gasteiger partial charge in [-0.1, -0.05) is 26.0 Å². The second-order valence-corrected chi connectivity index (χ2v) is 6.66. The van der Waals surface area contributed by atoms with E-state index in [4.69, 9.17) is 9.72 Å². The van der Waals surface area contributed by atoms with Crippen molar-refractivity contribution in [3.05, 3.63) is 57.3 Å². The van der Waals surface area contributed by atoms with E-state index in [0.717, 1.165) is 55.3 Å². The SMILES string of the molecule is COc1ccc(CN2CCc3nc(C(C)C)[nH]c(=O)c3CC2)cc1. The van der Waals surface area contributed by atoms with E-state index < -0.39 is 0 Å². The zero-order chi connectivity index (χ0) is 17.1. The van der Waals surface area contributed by atoms with Crippen molar-refractivity contribution in [2.75, 3.05) is 20.2 Å². The molecule has 3 rings (SSSR count). The highest BCUT2D eigenvalue weighted by molar-refractivity contribution is 5.27. The molecule has 1 aliphatic rings. The van der Waals surface area contributed by atoms with Crippen LogP contribution in [0.1, 0.15) is 42.4 Å². The molecule has 1 aliphatic heterocycles. The van der Waals surface area contributed by atoms with Crippen molar-refractivity contribution >= 4 is 0 Å². The highest BCUT2D eigenvalue weighted by Gasteiger charge is 2.19. The third-order valence-corrected chi connectivity index (χ3v) is 4.57. The quantitative estimate of drug-likeness (QED) is 0.937. The Balaban J connectivity index is 1.73. The van der Waals surface area contributed by atoms with E-state index in [1.807, 2.05) is 12.1 Å². The minimum absolute atomic E-state index is 0.0370. The molecule has 0 saturated carbocycles. The van der Waals surface area contributed by atoms with Crippen molar-refractivity contribution in [3.63, 3.8) is 0 Å². The number of rotatable bonds is 4. The molecule has 5 nitrogen and oxygen atoms in total. The largest absolute Gasteiger partial charge is 0.497 e. The van der Waals surface area contributed by atoms with Gasteiger partial charge < -0.3 is 9.72 Å². The maximum Gasteiger partial charge on any atom is 0.254 e. The molecule has 24 heavy (non-hydrogen) atoms. The molecule has 0 amide bonds. The Bertz CT molecular complexity index is 750. The predicted octanol–water partition coefficient (Wildman–Crippen LogP) is 2.50. The first-order chi connectivity index (χ1) is 11.6. The lowest BCUT2D eigenvalue weighted by molar-refractivity contribution is 0.278. The summed E-state index contributed by atoms with van der Waals surface area (Å²) >= 11 is 0. The van der Waals surface area contributed by atoms with Crippen molar-refractivity contribution in [2.45, 2.75) is 39.2 Å². The van der Waals surface area contributed by atoms with Crippen LogP contribution in [0.5, 0.6) is 5.75 Å². The monoisotopic (exact) mass is 327 g/mol. The lowest BCUT2D eigenvalue weighted by atomic mass is 10.1. The van der Waals surface area contributed by atoms with Gasteiger partial charge in [0.1, 0.15) is 11.6 Å². The van der Waals surface area contributed by atoms with Crippen LogP contribution in [0.15, 0.2) is 29.1 Å². The topological polar surface area (TPSA) is 58.2 Å². The van der Waals surface area contributed by atoms with Crippen LogP contribution in [0.4, 0.5) is 0 Å². The summed E-state index contributed by atoms with van der Waals surface area (Å²) in [7, 11) is 1.68. The standard InChI is InChI=1S/C19H25N3O2/c1-13(2)18-20-17-9-11-22(10-8-16(17)19(23)21-18)12-14-4-6-15(24-3)7-5-14/h4-7,13H,8-12H2,1-3H3,(H,20,21,23). The van der Waals surface area contributed by atoms with Gasteiger partial charge in [0.2, 0.25) is 0 Å². The van der Waals surface area contributed by atoms with E-state index in [0.29, 0.717) is 0 Å². The zero-order valence-electron chi connectivity index (χ0n) is 14.6. The van der Waals surface area contributed by atoms with Crippen LogP contribution in [0.25, 0.3) is 0 Å². The summed E-state index contributed by atoms with van der Waals surface area (Å²) in [6.07, 6.45) is 1.58. The predicted molar refractivity (Wildman–Crippen MR) is 94.6 cm³/mol. The molecule has 0 atom stereocenters. The van der Waals surface area contributed by atoms with Gasteiger partial charge in [0.25, 0.3) is 5.56 Å². The summed E-state index contributed by atoms with van der Waals surface area (Å²) in [5.41, 5.74) is 3.12. The number of aromatic nitrogens is 2. The van der Waals surface area contributed by atoms with Crippen molar-refractivity contribution in [1.29, 1.82) is 0 Å². The van der Waals surface area contributed by atoms with E-state index in [1.54, 1.807) is 7.11 Å². The van der Waals surface area contributed by atoms with Crippen LogP contribution in [-0.2, 0) is 19.4 Å². The van der Waals surface area contributed by atoms with Crippen LogP contribution in [0.3, 0.4) is 0 Å². The van der Waals surface area contributed by atoms with Gasteiger partial charge in [0.15, 0.2) is 0 Å². The molecule has 0 fully saturated rings. The molecule has 5 heteroatoms. The zero-order valence-corrected chi connectivity index (χ0v) is 14.6. The number of hydrogen-bond donors (Lipinski definition) is 1. The first-order valence-corrected chi connectivity index (χ1v) is 8.54. The number of ether oxygens (including phenoxy) is 1. The molecule has 0 bridgehead atoms. The minimum atomic E-state index is 0.0370. The fourth-order valence-corrected chi connectivity index (χ4v) is 3.09. The molecular weight excluding hydrogens is 302 g/mol. The van der Waals surface area contributed by atoms with Crippen molar-refractivity contribution < 1.29 is 4.74 Å². The Morgan fingerprint density at radius 3 is 2.58 bits per heavy atom. The Morgan fingerprint density at radius 1 is 1.21 bits per heavy atom. The van der Waals surface area contributed by atoms with E-state index >= 15 is 0 Å². The van der Waals surface area contributed by atoms with Crippen molar-refractivity contribution in [1.82, 2.24) is 14.9 Å². The molecule has 1 N–H and O–H groups in total. The summed E-state index contributed by atoms with van der Waals surface area (Å²) in [4.78, 5) is 22.4. The lowest BCUT2D eigenvalue weighted by Crippen LogP contribution is -2.26. The number of hydrogen-bond acceptors (Lipinski definition) is 4. The molecule has 2 heterocycles. The number of aromatic amines is 1. The molecule has 128 valence electrons.